The zero-order chi connectivity index (χ0) is 28.4. The highest BCUT2D eigenvalue weighted by molar-refractivity contribution is 7.59. The molecule has 0 saturated carbocycles. The van der Waals surface area contributed by atoms with Crippen LogP contribution in [0.3, 0.4) is 0 Å². The molecule has 1 aliphatic rings. The number of methoxy groups -OCH3 is 1. The van der Waals surface area contributed by atoms with Gasteiger partial charge >= 0.3 is 7.41 Å². The number of carbonyl (C=O) groups excluding carboxylic acids is 1. The maximum atomic E-state index is 11.5. The molecule has 0 amide bonds. The van der Waals surface area contributed by atoms with Crippen LogP contribution >= 0.6 is 13.5 Å². The van der Waals surface area contributed by atoms with Crippen LogP contribution in [0, 0.1) is 11.3 Å². The summed E-state index contributed by atoms with van der Waals surface area (Å²) in [5, 5.41) is 13.4. The summed E-state index contributed by atoms with van der Waals surface area (Å²) in [5.41, 5.74) is 3.79. The quantitative estimate of drug-likeness (QED) is 0.272. The molecule has 2 aromatic heterocycles. The molecule has 1 N–H and O–H groups in total. The third-order valence-electron chi connectivity index (χ3n) is 7.65. The second-order valence-corrected chi connectivity index (χ2v) is 16.3. The summed E-state index contributed by atoms with van der Waals surface area (Å²) in [6.07, 6.45) is 4.07. The van der Waals surface area contributed by atoms with Gasteiger partial charge < -0.3 is 24.1 Å². The van der Waals surface area contributed by atoms with Gasteiger partial charge in [-0.1, -0.05) is 27.7 Å². The molecule has 9 nitrogen and oxygen atoms in total. The number of pyridine rings is 1. The van der Waals surface area contributed by atoms with E-state index in [-0.39, 0.29) is 18.5 Å². The summed E-state index contributed by atoms with van der Waals surface area (Å²) in [6, 6.07) is 11.6. The normalized spacial score (nSPS) is 16.4. The average Bonchev–Trinajstić information content (AvgIpc) is 3.19. The lowest BCUT2D eigenvalue weighted by Gasteiger charge is -2.39. The van der Waals surface area contributed by atoms with Crippen LogP contribution in [0.4, 0.5) is 17.3 Å². The predicted molar refractivity (Wildman–Crippen MR) is 167 cm³/mol. The van der Waals surface area contributed by atoms with Crippen molar-refractivity contribution in [1.82, 2.24) is 15.0 Å². The third kappa shape index (κ3) is 6.17. The summed E-state index contributed by atoms with van der Waals surface area (Å²) in [7, 11) is 1.00. The Bertz CT molecular complexity index is 1430. The van der Waals surface area contributed by atoms with Crippen LogP contribution in [0.25, 0.3) is 11.3 Å². The molecule has 0 fully saturated rings. The van der Waals surface area contributed by atoms with Crippen LogP contribution in [0.5, 0.6) is 5.88 Å². The van der Waals surface area contributed by atoms with E-state index in [9.17, 15) is 10.1 Å². The van der Waals surface area contributed by atoms with Gasteiger partial charge in [-0.15, -0.1) is 0 Å². The Balaban J connectivity index is 0.00000441. The molecule has 0 aliphatic carbocycles. The van der Waals surface area contributed by atoms with Crippen LogP contribution in [0.1, 0.15) is 38.8 Å². The van der Waals surface area contributed by atoms with Gasteiger partial charge in [0.05, 0.1) is 18.4 Å². The lowest BCUT2D eigenvalue weighted by atomic mass is 9.83. The first-order valence-electron chi connectivity index (χ1n) is 12.8. The van der Waals surface area contributed by atoms with Crippen LogP contribution in [-0.2, 0) is 14.6 Å². The lowest BCUT2D eigenvalue weighted by molar-refractivity contribution is 0.219. The Morgan fingerprint density at radius 3 is 2.65 bits per heavy atom. The molecule has 0 saturated heterocycles. The highest BCUT2D eigenvalue weighted by Crippen LogP contribution is 2.46. The Morgan fingerprint density at radius 1 is 1.25 bits per heavy atom. The van der Waals surface area contributed by atoms with Crippen molar-refractivity contribution in [2.45, 2.75) is 51.2 Å². The predicted octanol–water partition coefficient (Wildman–Crippen LogP) is 5.18. The minimum Gasteiger partial charge on any atom is -0.480 e. The van der Waals surface area contributed by atoms with Crippen LogP contribution in [0.2, 0.25) is 18.1 Å². The Labute approximate surface area is 245 Å². The van der Waals surface area contributed by atoms with Gasteiger partial charge in [-0.2, -0.15) is 18.8 Å². The zero-order valence-corrected chi connectivity index (χ0v) is 26.1. The number of anilines is 3. The van der Waals surface area contributed by atoms with Gasteiger partial charge in [0.2, 0.25) is 11.8 Å². The molecule has 1 aliphatic heterocycles. The van der Waals surface area contributed by atoms with Gasteiger partial charge in [0, 0.05) is 42.2 Å². The summed E-state index contributed by atoms with van der Waals surface area (Å²) < 4.78 is 12.0. The first kappa shape index (κ1) is 31.1. The number of ether oxygens (including phenoxy) is 1. The summed E-state index contributed by atoms with van der Waals surface area (Å²) in [6.45, 7) is 14.2. The molecule has 0 unspecified atom stereocenters. The van der Waals surface area contributed by atoms with Gasteiger partial charge in [-0.3, -0.25) is 0 Å². The topological polar surface area (TPSA) is 113 Å². The standard InChI is InChI=1S/C28H34BN6O3Si.H2S/c1-27(2,3)39(6,7)38-17-28(4)16-35(29-18-36)24-20(15-30)13-19(14-21(24)28)22-10-12-32-26(33-22)34-23-9-8-11-31-25(23)37-5;/h8-14,18H,16-17H2,1-7H3,(H,32,33,34);1H2/t28-;/m0./s1. The molecule has 40 heavy (non-hydrogen) atoms. The molecule has 0 spiro atoms. The van der Waals surface area contributed by atoms with Crippen molar-refractivity contribution in [3.63, 3.8) is 0 Å². The number of aromatic nitrogens is 3. The van der Waals surface area contributed by atoms with E-state index in [2.05, 4.69) is 68.2 Å². The molecule has 1 radical (unpaired) electrons. The van der Waals surface area contributed by atoms with E-state index in [1.807, 2.05) is 23.0 Å². The minimum absolute atomic E-state index is 0. The fourth-order valence-electron chi connectivity index (χ4n) is 4.41. The van der Waals surface area contributed by atoms with Crippen molar-refractivity contribution in [2.75, 3.05) is 30.4 Å². The Morgan fingerprint density at radius 2 is 2.00 bits per heavy atom. The third-order valence-corrected chi connectivity index (χ3v) is 12.1. The monoisotopic (exact) mass is 575 g/mol. The maximum absolute atomic E-state index is 11.5. The second-order valence-electron chi connectivity index (χ2n) is 11.5. The number of fused-ring (bicyclic) bond motifs is 1. The van der Waals surface area contributed by atoms with Crippen molar-refractivity contribution in [1.29, 1.82) is 5.26 Å². The maximum Gasteiger partial charge on any atom is 0.329 e. The van der Waals surface area contributed by atoms with Gasteiger partial charge in [-0.05, 0) is 54.0 Å². The number of hydrogen-bond acceptors (Lipinski definition) is 9. The van der Waals surface area contributed by atoms with E-state index >= 15 is 0 Å². The van der Waals surface area contributed by atoms with Crippen molar-refractivity contribution in [2.24, 2.45) is 0 Å². The van der Waals surface area contributed by atoms with Gasteiger partial charge in [0.15, 0.2) is 8.32 Å². The van der Waals surface area contributed by atoms with E-state index in [0.29, 0.717) is 41.9 Å². The van der Waals surface area contributed by atoms with Gasteiger partial charge in [-0.25, -0.2) is 15.0 Å². The lowest BCUT2D eigenvalue weighted by Crippen LogP contribution is -2.46. The summed E-state index contributed by atoms with van der Waals surface area (Å²) >= 11 is 0. The summed E-state index contributed by atoms with van der Waals surface area (Å²) in [5.74, 6) is 0.803. The SMILES string of the molecule is COc1ncccc1Nc1nccc(-c2cc(C#N)c3c(c2)[C@](C)(CO[Si](C)(C)C(C)(C)C)CN3[B]C=O)n1.S. The molecular formula is C28H36BN6O3SSi. The summed E-state index contributed by atoms with van der Waals surface area (Å²) in [4.78, 5) is 26.7. The van der Waals surface area contributed by atoms with Crippen molar-refractivity contribution in [3.8, 4) is 23.2 Å². The molecule has 3 heterocycles. The van der Waals surface area contributed by atoms with Crippen LogP contribution in [-0.4, -0.2) is 57.1 Å². The Hall–Kier alpha value is -3.40. The molecule has 1 atom stereocenters. The van der Waals surface area contributed by atoms with Crippen LogP contribution < -0.4 is 14.9 Å². The minimum atomic E-state index is -2.04. The van der Waals surface area contributed by atoms with E-state index in [4.69, 9.17) is 14.1 Å². The first-order valence-corrected chi connectivity index (χ1v) is 15.7. The van der Waals surface area contributed by atoms with Crippen molar-refractivity contribution in [3.05, 3.63) is 53.9 Å². The number of benzene rings is 1. The number of nitriles is 1. The van der Waals surface area contributed by atoms with E-state index in [1.54, 1.807) is 25.6 Å². The van der Waals surface area contributed by atoms with E-state index < -0.39 is 13.7 Å². The highest BCUT2D eigenvalue weighted by Gasteiger charge is 2.44. The highest BCUT2D eigenvalue weighted by atomic mass is 32.1. The molecule has 1 aromatic carbocycles. The first-order chi connectivity index (χ1) is 18.4. The number of nitrogens with zero attached hydrogens (tertiary/aromatic N) is 5. The average molecular weight is 576 g/mol. The molecule has 209 valence electrons. The fraction of sp³-hybridized carbons (Fsp3) is 0.393. The number of rotatable bonds is 9. The molecule has 0 bridgehead atoms. The Kier molecular flexibility index (Phi) is 9.34. The molecule has 4 rings (SSSR count). The zero-order valence-electron chi connectivity index (χ0n) is 24.1. The number of nitrogens with one attached hydrogen (secondary N) is 1. The fourth-order valence-corrected chi connectivity index (χ4v) is 5.52. The molecule has 12 heteroatoms. The molecule has 3 aromatic rings. The molecular weight excluding hydrogens is 539 g/mol. The van der Waals surface area contributed by atoms with Crippen molar-refractivity contribution < 1.29 is 14.0 Å². The number of hydrogen-bond donors (Lipinski definition) is 1. The smallest absolute Gasteiger partial charge is 0.329 e. The van der Waals surface area contributed by atoms with E-state index in [1.165, 1.54) is 7.41 Å². The van der Waals surface area contributed by atoms with E-state index in [0.717, 1.165) is 23.0 Å². The van der Waals surface area contributed by atoms with Crippen molar-refractivity contribution >= 4 is 52.7 Å². The van der Waals surface area contributed by atoms with Crippen LogP contribution in [0.15, 0.2) is 42.7 Å². The second kappa shape index (κ2) is 12.0. The largest absolute Gasteiger partial charge is 0.480 e. The number of carbonyl (C=O) groups is 1. The van der Waals surface area contributed by atoms with Gasteiger partial charge in [0.25, 0.3) is 0 Å². The van der Waals surface area contributed by atoms with Gasteiger partial charge in [0.1, 0.15) is 17.9 Å².